The van der Waals surface area contributed by atoms with Crippen LogP contribution in [0.15, 0.2) is 12.1 Å². The van der Waals surface area contributed by atoms with Gasteiger partial charge in [-0.25, -0.2) is 4.79 Å². The summed E-state index contributed by atoms with van der Waals surface area (Å²) < 4.78 is 7.52. The average molecular weight is 386 g/mol. The fourth-order valence-electron chi connectivity index (χ4n) is 4.27. The van der Waals surface area contributed by atoms with Crippen molar-refractivity contribution >= 4 is 28.6 Å². The highest BCUT2D eigenvalue weighted by Gasteiger charge is 2.28. The fraction of sp³-hybridized carbons (Fsp3) is 0.476. The van der Waals surface area contributed by atoms with Crippen LogP contribution >= 0.6 is 0 Å². The van der Waals surface area contributed by atoms with Crippen molar-refractivity contribution in [2.24, 2.45) is 11.7 Å². The Kier molecular flexibility index (Phi) is 5.72. The van der Waals surface area contributed by atoms with Crippen LogP contribution < -0.4 is 10.5 Å². The monoisotopic (exact) mass is 386 g/mol. The third kappa shape index (κ3) is 3.74. The molecule has 150 valence electrons. The molecule has 3 N–H and O–H groups in total. The lowest BCUT2D eigenvalue weighted by molar-refractivity contribution is -0.139. The van der Waals surface area contributed by atoms with Crippen molar-refractivity contribution in [3.8, 4) is 5.75 Å². The Labute approximate surface area is 163 Å². The number of benzene rings is 1. The summed E-state index contributed by atoms with van der Waals surface area (Å²) in [7, 11) is 0. The van der Waals surface area contributed by atoms with Gasteiger partial charge in [-0.1, -0.05) is 25.3 Å². The molecule has 0 spiro atoms. The number of aliphatic carboxylic acids is 1. The molecular weight excluding hydrogens is 360 g/mol. The third-order valence-electron chi connectivity index (χ3n) is 5.60. The number of ketones is 1. The minimum Gasteiger partial charge on any atom is -0.481 e. The molecule has 7 heteroatoms. The molecular formula is C21H26N2O5. The first-order valence-electron chi connectivity index (χ1n) is 9.62. The van der Waals surface area contributed by atoms with Crippen molar-refractivity contribution in [3.05, 3.63) is 29.0 Å². The Balaban J connectivity index is 2.20. The van der Waals surface area contributed by atoms with Gasteiger partial charge in [0, 0.05) is 12.2 Å². The number of carboxylic acid groups (broad SMARTS) is 1. The maximum atomic E-state index is 12.6. The molecule has 0 unspecified atom stereocenters. The number of aromatic nitrogens is 1. The van der Waals surface area contributed by atoms with Crippen molar-refractivity contribution in [2.45, 2.75) is 52.5 Å². The maximum absolute atomic E-state index is 12.6. The van der Waals surface area contributed by atoms with Crippen LogP contribution in [0.2, 0.25) is 0 Å². The number of ether oxygens (including phenoxy) is 1. The summed E-state index contributed by atoms with van der Waals surface area (Å²) in [6, 6.07) is 3.48. The van der Waals surface area contributed by atoms with E-state index in [0.717, 1.165) is 30.5 Å². The smallest absolute Gasteiger partial charge is 0.341 e. The van der Waals surface area contributed by atoms with Gasteiger partial charge >= 0.3 is 5.97 Å². The summed E-state index contributed by atoms with van der Waals surface area (Å²) in [5.41, 5.74) is 7.91. The number of carbonyl (C=O) groups excluding carboxylic acids is 2. The lowest BCUT2D eigenvalue weighted by Gasteiger charge is -2.23. The molecule has 0 atom stereocenters. The van der Waals surface area contributed by atoms with E-state index >= 15 is 0 Å². The van der Waals surface area contributed by atoms with E-state index in [1.807, 2.05) is 13.0 Å². The Bertz CT molecular complexity index is 938. The van der Waals surface area contributed by atoms with Crippen molar-refractivity contribution in [1.82, 2.24) is 4.57 Å². The zero-order chi connectivity index (χ0) is 20.4. The quantitative estimate of drug-likeness (QED) is 0.561. The first kappa shape index (κ1) is 19.9. The van der Waals surface area contributed by atoms with E-state index in [4.69, 9.17) is 15.6 Å². The highest BCUT2D eigenvalue weighted by molar-refractivity contribution is 6.45. The Morgan fingerprint density at radius 3 is 2.46 bits per heavy atom. The number of nitrogens with two attached hydrogens (primary N) is 1. The van der Waals surface area contributed by atoms with Gasteiger partial charge in [0.1, 0.15) is 5.75 Å². The van der Waals surface area contributed by atoms with Crippen LogP contribution in [0.4, 0.5) is 0 Å². The number of hydrogen-bond acceptors (Lipinski definition) is 4. The molecule has 1 aromatic carbocycles. The lowest BCUT2D eigenvalue weighted by atomic mass is 9.89. The second kappa shape index (κ2) is 8.04. The van der Waals surface area contributed by atoms with Crippen LogP contribution in [0.3, 0.4) is 0 Å². The average Bonchev–Trinajstić information content (AvgIpc) is 2.94. The van der Waals surface area contributed by atoms with E-state index in [9.17, 15) is 14.4 Å². The molecule has 1 fully saturated rings. The number of carbonyl (C=O) groups is 3. The number of Topliss-reactive ketones (excluding diaryl/α,β-unsaturated/α-hetero) is 1. The second-order valence-corrected chi connectivity index (χ2v) is 7.56. The Morgan fingerprint density at radius 1 is 1.18 bits per heavy atom. The van der Waals surface area contributed by atoms with E-state index < -0.39 is 24.3 Å². The van der Waals surface area contributed by atoms with Crippen LogP contribution in [0.1, 0.15) is 53.7 Å². The van der Waals surface area contributed by atoms with Gasteiger partial charge in [0.25, 0.3) is 11.7 Å². The van der Waals surface area contributed by atoms with Gasteiger partial charge in [-0.2, -0.15) is 0 Å². The summed E-state index contributed by atoms with van der Waals surface area (Å²) in [5.74, 6) is -2.16. The molecule has 1 aliphatic carbocycles. The van der Waals surface area contributed by atoms with Crippen LogP contribution in [0.5, 0.6) is 5.75 Å². The van der Waals surface area contributed by atoms with Gasteiger partial charge in [-0.15, -0.1) is 0 Å². The van der Waals surface area contributed by atoms with Gasteiger partial charge in [0.15, 0.2) is 6.61 Å². The molecule has 2 aromatic rings. The van der Waals surface area contributed by atoms with E-state index in [0.29, 0.717) is 17.0 Å². The molecule has 0 saturated heterocycles. The van der Waals surface area contributed by atoms with Crippen LogP contribution in [0, 0.1) is 19.8 Å². The van der Waals surface area contributed by atoms with E-state index in [-0.39, 0.29) is 11.3 Å². The first-order chi connectivity index (χ1) is 13.3. The number of amides is 1. The number of rotatable bonds is 7. The zero-order valence-electron chi connectivity index (χ0n) is 16.3. The summed E-state index contributed by atoms with van der Waals surface area (Å²) in [6.07, 6.45) is 5.91. The normalized spacial score (nSPS) is 14.9. The minimum absolute atomic E-state index is 0.211. The Morgan fingerprint density at radius 2 is 1.86 bits per heavy atom. The molecule has 1 amide bonds. The standard InChI is InChI=1S/C21H26N2O5/c1-12-8-9-15(28-11-16(24)25)18-17(20(26)21(22)27)13(2)23(19(12)18)10-14-6-4-3-5-7-14/h8-9,14H,3-7,10-11H2,1-2H3,(H2,22,27)(H,24,25). The van der Waals surface area contributed by atoms with Gasteiger partial charge in [-0.3, -0.25) is 9.59 Å². The maximum Gasteiger partial charge on any atom is 0.341 e. The van der Waals surface area contributed by atoms with Gasteiger partial charge in [-0.05, 0) is 44.2 Å². The van der Waals surface area contributed by atoms with Crippen molar-refractivity contribution in [1.29, 1.82) is 0 Å². The fourth-order valence-corrected chi connectivity index (χ4v) is 4.27. The van der Waals surface area contributed by atoms with E-state index in [2.05, 4.69) is 4.57 Å². The van der Waals surface area contributed by atoms with Crippen molar-refractivity contribution in [2.75, 3.05) is 6.61 Å². The number of carboxylic acids is 1. The first-order valence-corrected chi connectivity index (χ1v) is 9.62. The van der Waals surface area contributed by atoms with Crippen molar-refractivity contribution in [3.63, 3.8) is 0 Å². The largest absolute Gasteiger partial charge is 0.481 e. The summed E-state index contributed by atoms with van der Waals surface area (Å²) in [5, 5.41) is 9.44. The minimum atomic E-state index is -1.12. The topological polar surface area (TPSA) is 112 Å². The van der Waals surface area contributed by atoms with Crippen LogP contribution in [-0.2, 0) is 16.1 Å². The molecule has 28 heavy (non-hydrogen) atoms. The number of nitrogens with zero attached hydrogens (tertiary/aromatic N) is 1. The molecule has 1 heterocycles. The summed E-state index contributed by atoms with van der Waals surface area (Å²) >= 11 is 0. The molecule has 1 saturated carbocycles. The molecule has 0 radical (unpaired) electrons. The van der Waals surface area contributed by atoms with Gasteiger partial charge in [0.2, 0.25) is 0 Å². The predicted molar refractivity (Wildman–Crippen MR) is 105 cm³/mol. The second-order valence-electron chi connectivity index (χ2n) is 7.56. The van der Waals surface area contributed by atoms with E-state index in [1.165, 1.54) is 19.3 Å². The van der Waals surface area contributed by atoms with Crippen LogP contribution in [0.25, 0.3) is 10.9 Å². The number of primary amides is 1. The van der Waals surface area contributed by atoms with Gasteiger partial charge in [0.05, 0.1) is 16.5 Å². The number of aryl methyl sites for hydroxylation is 1. The molecule has 1 aromatic heterocycles. The third-order valence-corrected chi connectivity index (χ3v) is 5.60. The molecule has 1 aliphatic rings. The van der Waals surface area contributed by atoms with Crippen LogP contribution in [-0.4, -0.2) is 33.9 Å². The summed E-state index contributed by atoms with van der Waals surface area (Å²) in [6.45, 7) is 3.95. The SMILES string of the molecule is Cc1ccc(OCC(=O)O)c2c(C(=O)C(N)=O)c(C)n(CC3CCCCC3)c12. The number of hydrogen-bond donors (Lipinski definition) is 2. The summed E-state index contributed by atoms with van der Waals surface area (Å²) in [4.78, 5) is 35.3. The predicted octanol–water partition coefficient (Wildman–Crippen LogP) is 2.97. The number of fused-ring (bicyclic) bond motifs is 1. The zero-order valence-corrected chi connectivity index (χ0v) is 16.3. The molecule has 0 aliphatic heterocycles. The molecule has 0 bridgehead atoms. The lowest BCUT2D eigenvalue weighted by Crippen LogP contribution is -2.24. The van der Waals surface area contributed by atoms with E-state index in [1.54, 1.807) is 13.0 Å². The molecule has 3 rings (SSSR count). The highest BCUT2D eigenvalue weighted by atomic mass is 16.5. The van der Waals surface area contributed by atoms with Gasteiger partial charge < -0.3 is 20.1 Å². The molecule has 7 nitrogen and oxygen atoms in total. The Hall–Kier alpha value is -2.83. The highest BCUT2D eigenvalue weighted by Crippen LogP contribution is 2.37. The van der Waals surface area contributed by atoms with Crippen molar-refractivity contribution < 1.29 is 24.2 Å².